The first-order valence-corrected chi connectivity index (χ1v) is 10.6. The molecule has 0 fully saturated rings. The molecule has 2 aromatic carbocycles. The van der Waals surface area contributed by atoms with Gasteiger partial charge < -0.3 is 14.8 Å². The van der Waals surface area contributed by atoms with Crippen LogP contribution in [-0.2, 0) is 4.79 Å². The van der Waals surface area contributed by atoms with Crippen LogP contribution in [0.3, 0.4) is 0 Å². The summed E-state index contributed by atoms with van der Waals surface area (Å²) in [4.78, 5) is 24.6. The number of amides is 2. The van der Waals surface area contributed by atoms with Crippen LogP contribution in [0.2, 0.25) is 0 Å². The first-order chi connectivity index (χ1) is 14.5. The van der Waals surface area contributed by atoms with Gasteiger partial charge in [-0.25, -0.2) is 0 Å². The smallest absolute Gasteiger partial charge is 0.261 e. The number of hydrogen-bond acceptors (Lipinski definition) is 8. The maximum absolute atomic E-state index is 12.5. The number of thioether (sulfide) groups is 1. The fourth-order valence-corrected chi connectivity index (χ4v) is 3.98. The zero-order valence-corrected chi connectivity index (χ0v) is 18.2. The van der Waals surface area contributed by atoms with Gasteiger partial charge in [-0.15, -0.1) is 10.2 Å². The molecule has 0 radical (unpaired) electrons. The standard InChI is InChI=1S/C20H20N4O4S2/c1-12-4-6-13(7-5-12)21-17(25)11-29-20-24-23-19(30-20)22-18(26)15-9-8-14(27-2)10-16(15)28-3/h4-10H,11H2,1-3H3,(H,21,25)(H,22,23,26). The predicted octanol–water partition coefficient (Wildman–Crippen LogP) is 3.85. The van der Waals surface area contributed by atoms with Crippen molar-refractivity contribution in [2.75, 3.05) is 30.6 Å². The molecule has 156 valence electrons. The Bertz CT molecular complexity index is 1040. The molecule has 0 atom stereocenters. The highest BCUT2D eigenvalue weighted by atomic mass is 32.2. The molecule has 1 heterocycles. The Labute approximate surface area is 182 Å². The van der Waals surface area contributed by atoms with Crippen molar-refractivity contribution in [1.29, 1.82) is 0 Å². The second-order valence-electron chi connectivity index (χ2n) is 6.10. The number of benzene rings is 2. The topological polar surface area (TPSA) is 102 Å². The van der Waals surface area contributed by atoms with Crippen molar-refractivity contribution in [3.63, 3.8) is 0 Å². The minimum Gasteiger partial charge on any atom is -0.497 e. The third-order valence-electron chi connectivity index (χ3n) is 3.94. The summed E-state index contributed by atoms with van der Waals surface area (Å²) in [5.74, 6) is 0.635. The van der Waals surface area contributed by atoms with Crippen molar-refractivity contribution in [3.05, 3.63) is 53.6 Å². The van der Waals surface area contributed by atoms with Crippen molar-refractivity contribution in [2.24, 2.45) is 0 Å². The maximum Gasteiger partial charge on any atom is 0.261 e. The van der Waals surface area contributed by atoms with E-state index in [0.717, 1.165) is 11.3 Å². The highest BCUT2D eigenvalue weighted by molar-refractivity contribution is 8.01. The fourth-order valence-electron chi connectivity index (χ4n) is 2.43. The van der Waals surface area contributed by atoms with E-state index in [-0.39, 0.29) is 17.6 Å². The SMILES string of the molecule is COc1ccc(C(=O)Nc2nnc(SCC(=O)Nc3ccc(C)cc3)s2)c(OC)c1. The van der Waals surface area contributed by atoms with Gasteiger partial charge in [0.05, 0.1) is 25.5 Å². The molecule has 0 bridgehead atoms. The number of rotatable bonds is 8. The van der Waals surface area contributed by atoms with E-state index in [1.807, 2.05) is 31.2 Å². The quantitative estimate of drug-likeness (QED) is 0.402. The molecule has 2 N–H and O–H groups in total. The fraction of sp³-hybridized carbons (Fsp3) is 0.200. The highest BCUT2D eigenvalue weighted by Gasteiger charge is 2.16. The van der Waals surface area contributed by atoms with Crippen LogP contribution in [0.25, 0.3) is 0 Å². The first kappa shape index (κ1) is 21.6. The van der Waals surface area contributed by atoms with Gasteiger partial charge in [0.15, 0.2) is 4.34 Å². The average molecular weight is 445 g/mol. The van der Waals surface area contributed by atoms with Crippen LogP contribution in [0.5, 0.6) is 11.5 Å². The summed E-state index contributed by atoms with van der Waals surface area (Å²) < 4.78 is 11.0. The average Bonchev–Trinajstić information content (AvgIpc) is 3.20. The highest BCUT2D eigenvalue weighted by Crippen LogP contribution is 2.28. The Morgan fingerprint density at radius 1 is 1.03 bits per heavy atom. The summed E-state index contributed by atoms with van der Waals surface area (Å²) in [6, 6.07) is 12.5. The van der Waals surface area contributed by atoms with E-state index in [9.17, 15) is 9.59 Å². The van der Waals surface area contributed by atoms with Crippen LogP contribution < -0.4 is 20.1 Å². The van der Waals surface area contributed by atoms with Gasteiger partial charge >= 0.3 is 0 Å². The van der Waals surface area contributed by atoms with Gasteiger partial charge in [-0.3, -0.25) is 14.9 Å². The van der Waals surface area contributed by atoms with Crippen LogP contribution in [0.15, 0.2) is 46.8 Å². The van der Waals surface area contributed by atoms with E-state index >= 15 is 0 Å². The summed E-state index contributed by atoms with van der Waals surface area (Å²) in [6.45, 7) is 1.98. The molecular weight excluding hydrogens is 424 g/mol. The molecule has 30 heavy (non-hydrogen) atoms. The predicted molar refractivity (Wildman–Crippen MR) is 118 cm³/mol. The van der Waals surface area contributed by atoms with Crippen LogP contribution in [0.1, 0.15) is 15.9 Å². The second kappa shape index (κ2) is 10.1. The molecule has 0 aliphatic rings. The number of hydrogen-bond donors (Lipinski definition) is 2. The molecule has 0 unspecified atom stereocenters. The van der Waals surface area contributed by atoms with Gasteiger partial charge in [-0.1, -0.05) is 40.8 Å². The minimum atomic E-state index is -0.376. The normalized spacial score (nSPS) is 10.4. The summed E-state index contributed by atoms with van der Waals surface area (Å²) >= 11 is 2.44. The monoisotopic (exact) mass is 444 g/mol. The lowest BCUT2D eigenvalue weighted by molar-refractivity contribution is -0.113. The molecule has 1 aromatic heterocycles. The molecule has 0 aliphatic carbocycles. The van der Waals surface area contributed by atoms with Gasteiger partial charge in [0, 0.05) is 11.8 Å². The van der Waals surface area contributed by atoms with E-state index in [4.69, 9.17) is 9.47 Å². The van der Waals surface area contributed by atoms with Crippen molar-refractivity contribution < 1.29 is 19.1 Å². The molecule has 0 saturated heterocycles. The zero-order chi connectivity index (χ0) is 21.5. The van der Waals surface area contributed by atoms with Crippen LogP contribution in [0, 0.1) is 6.92 Å². The molecule has 8 nitrogen and oxygen atoms in total. The maximum atomic E-state index is 12.5. The summed E-state index contributed by atoms with van der Waals surface area (Å²) in [6.07, 6.45) is 0. The number of ether oxygens (including phenoxy) is 2. The Morgan fingerprint density at radius 3 is 2.50 bits per heavy atom. The van der Waals surface area contributed by atoms with Crippen LogP contribution in [0.4, 0.5) is 10.8 Å². The number of nitrogens with zero attached hydrogens (tertiary/aromatic N) is 2. The summed E-state index contributed by atoms with van der Waals surface area (Å²) in [5.41, 5.74) is 2.21. The molecule has 0 saturated carbocycles. The molecule has 0 aliphatic heterocycles. The number of carbonyl (C=O) groups is 2. The third kappa shape index (κ3) is 5.71. The van der Waals surface area contributed by atoms with Gasteiger partial charge in [0.2, 0.25) is 11.0 Å². The molecule has 2 amide bonds. The number of methoxy groups -OCH3 is 2. The Morgan fingerprint density at radius 2 is 1.80 bits per heavy atom. The summed E-state index contributed by atoms with van der Waals surface area (Å²) in [7, 11) is 3.02. The summed E-state index contributed by atoms with van der Waals surface area (Å²) in [5, 5.41) is 13.8. The van der Waals surface area contributed by atoms with E-state index in [0.29, 0.717) is 26.5 Å². The van der Waals surface area contributed by atoms with E-state index in [2.05, 4.69) is 20.8 Å². The minimum absolute atomic E-state index is 0.146. The lowest BCUT2D eigenvalue weighted by atomic mass is 10.2. The largest absolute Gasteiger partial charge is 0.497 e. The zero-order valence-electron chi connectivity index (χ0n) is 16.6. The molecule has 3 aromatic rings. The van der Waals surface area contributed by atoms with Crippen LogP contribution in [-0.4, -0.2) is 42.0 Å². The Kier molecular flexibility index (Phi) is 7.26. The lowest BCUT2D eigenvalue weighted by Crippen LogP contribution is -2.13. The molecule has 3 rings (SSSR count). The lowest BCUT2D eigenvalue weighted by Gasteiger charge is -2.09. The number of aromatic nitrogens is 2. The van der Waals surface area contributed by atoms with E-state index in [1.54, 1.807) is 18.2 Å². The number of nitrogens with one attached hydrogen (secondary N) is 2. The number of carbonyl (C=O) groups excluding carboxylic acids is 2. The molecule has 0 spiro atoms. The Hall–Kier alpha value is -3.11. The van der Waals surface area contributed by atoms with Gasteiger partial charge in [0.1, 0.15) is 11.5 Å². The Balaban J connectivity index is 1.55. The van der Waals surface area contributed by atoms with Crippen LogP contribution >= 0.6 is 23.1 Å². The number of aryl methyl sites for hydroxylation is 1. The number of anilines is 2. The van der Waals surface area contributed by atoms with E-state index in [1.165, 1.54) is 37.3 Å². The first-order valence-electron chi connectivity index (χ1n) is 8.84. The van der Waals surface area contributed by atoms with Crippen molar-refractivity contribution in [2.45, 2.75) is 11.3 Å². The van der Waals surface area contributed by atoms with E-state index < -0.39 is 0 Å². The molecule has 10 heteroatoms. The van der Waals surface area contributed by atoms with Gasteiger partial charge in [0.25, 0.3) is 5.91 Å². The van der Waals surface area contributed by atoms with Crippen molar-refractivity contribution in [1.82, 2.24) is 10.2 Å². The molecular formula is C20H20N4O4S2. The third-order valence-corrected chi connectivity index (χ3v) is 5.91. The second-order valence-corrected chi connectivity index (χ2v) is 8.30. The van der Waals surface area contributed by atoms with Crippen molar-refractivity contribution >= 4 is 45.7 Å². The van der Waals surface area contributed by atoms with Gasteiger partial charge in [-0.05, 0) is 31.2 Å². The van der Waals surface area contributed by atoms with Crippen molar-refractivity contribution in [3.8, 4) is 11.5 Å². The van der Waals surface area contributed by atoms with Gasteiger partial charge in [-0.2, -0.15) is 0 Å².